The summed E-state index contributed by atoms with van der Waals surface area (Å²) >= 11 is 6.62. The summed E-state index contributed by atoms with van der Waals surface area (Å²) in [5.74, 6) is -0.100. The first-order valence-electron chi connectivity index (χ1n) is 7.51. The molecule has 0 bridgehead atoms. The highest BCUT2D eigenvalue weighted by atomic mass is 79.9. The minimum atomic E-state index is -0.204. The number of phenols is 1. The van der Waals surface area contributed by atoms with Crippen LogP contribution in [0.3, 0.4) is 0 Å². The highest BCUT2D eigenvalue weighted by molar-refractivity contribution is 9.11. The Bertz CT molecular complexity index is 966. The Balaban J connectivity index is 1.70. The molecule has 0 radical (unpaired) electrons. The van der Waals surface area contributed by atoms with Crippen LogP contribution in [0.4, 0.5) is 0 Å². The number of halogens is 2. The smallest absolute Gasteiger partial charge is 0.244 e. The first kappa shape index (κ1) is 17.6. The lowest BCUT2D eigenvalue weighted by atomic mass is 10.0. The second-order valence-corrected chi connectivity index (χ2v) is 7.14. The van der Waals surface area contributed by atoms with Gasteiger partial charge in [0.05, 0.1) is 17.1 Å². The minimum absolute atomic E-state index is 0.103. The number of carbonyl (C=O) groups is 1. The number of amides is 1. The molecule has 3 aromatic carbocycles. The molecule has 0 saturated carbocycles. The van der Waals surface area contributed by atoms with Crippen molar-refractivity contribution in [2.45, 2.75) is 6.42 Å². The number of hydrazone groups is 1. The molecule has 25 heavy (non-hydrogen) atoms. The maximum absolute atomic E-state index is 12.2. The summed E-state index contributed by atoms with van der Waals surface area (Å²) in [6, 6.07) is 17.1. The van der Waals surface area contributed by atoms with E-state index in [2.05, 4.69) is 42.4 Å². The van der Waals surface area contributed by atoms with E-state index in [1.54, 1.807) is 12.1 Å². The third-order valence-corrected chi connectivity index (χ3v) is 5.01. The van der Waals surface area contributed by atoms with Gasteiger partial charge in [0.2, 0.25) is 5.91 Å². The van der Waals surface area contributed by atoms with E-state index >= 15 is 0 Å². The molecule has 0 aliphatic carbocycles. The highest BCUT2D eigenvalue weighted by Crippen LogP contribution is 2.29. The number of fused-ring (bicyclic) bond motifs is 1. The Hall–Kier alpha value is -2.18. The second kappa shape index (κ2) is 7.80. The fourth-order valence-corrected chi connectivity index (χ4v) is 3.58. The molecule has 126 valence electrons. The van der Waals surface area contributed by atoms with E-state index < -0.39 is 0 Å². The van der Waals surface area contributed by atoms with Gasteiger partial charge < -0.3 is 5.11 Å². The normalized spacial score (nSPS) is 11.1. The lowest BCUT2D eigenvalue weighted by Crippen LogP contribution is -2.19. The Morgan fingerprint density at radius 3 is 2.68 bits per heavy atom. The van der Waals surface area contributed by atoms with Crippen molar-refractivity contribution in [2.24, 2.45) is 5.10 Å². The molecule has 2 N–H and O–H groups in total. The van der Waals surface area contributed by atoms with Gasteiger partial charge in [-0.1, -0.05) is 58.4 Å². The summed E-state index contributed by atoms with van der Waals surface area (Å²) in [4.78, 5) is 12.2. The minimum Gasteiger partial charge on any atom is -0.507 e. The number of hydrogen-bond acceptors (Lipinski definition) is 3. The zero-order valence-corrected chi connectivity index (χ0v) is 16.2. The molecule has 0 spiro atoms. The van der Waals surface area contributed by atoms with Crippen LogP contribution in [0.5, 0.6) is 5.75 Å². The molecule has 1 amide bonds. The Labute approximate surface area is 161 Å². The van der Waals surface area contributed by atoms with E-state index in [0.29, 0.717) is 10.0 Å². The Kier molecular flexibility index (Phi) is 5.50. The predicted molar refractivity (Wildman–Crippen MR) is 107 cm³/mol. The van der Waals surface area contributed by atoms with Crippen molar-refractivity contribution >= 4 is 54.8 Å². The number of aromatic hydroxyl groups is 1. The zero-order chi connectivity index (χ0) is 17.8. The van der Waals surface area contributed by atoms with Gasteiger partial charge in [-0.2, -0.15) is 5.10 Å². The largest absolute Gasteiger partial charge is 0.507 e. The Morgan fingerprint density at radius 1 is 1.08 bits per heavy atom. The lowest BCUT2D eigenvalue weighted by molar-refractivity contribution is -0.120. The van der Waals surface area contributed by atoms with Gasteiger partial charge in [0.25, 0.3) is 0 Å². The molecule has 0 saturated heterocycles. The van der Waals surface area contributed by atoms with Crippen LogP contribution in [-0.2, 0) is 11.2 Å². The van der Waals surface area contributed by atoms with Gasteiger partial charge in [-0.25, -0.2) is 5.43 Å². The standard InChI is InChI=1S/C19H14Br2N2O2/c20-16-10-17(21)18(24)8-14(16)11-22-23-19(25)9-13-6-3-5-12-4-1-2-7-15(12)13/h1-8,10-11,24H,9H2,(H,23,25)/b22-11-. The molecule has 0 atom stereocenters. The van der Waals surface area contributed by atoms with Crippen molar-refractivity contribution in [3.63, 3.8) is 0 Å². The van der Waals surface area contributed by atoms with E-state index in [1.807, 2.05) is 42.5 Å². The number of benzene rings is 3. The van der Waals surface area contributed by atoms with Gasteiger partial charge in [0, 0.05) is 10.0 Å². The number of carbonyl (C=O) groups excluding carboxylic acids is 1. The first-order chi connectivity index (χ1) is 12.0. The van der Waals surface area contributed by atoms with Crippen LogP contribution in [0.15, 0.2) is 68.6 Å². The number of rotatable bonds is 4. The van der Waals surface area contributed by atoms with Gasteiger partial charge in [0.1, 0.15) is 5.75 Å². The summed E-state index contributed by atoms with van der Waals surface area (Å²) in [6.07, 6.45) is 1.72. The topological polar surface area (TPSA) is 61.7 Å². The lowest BCUT2D eigenvalue weighted by Gasteiger charge is -2.06. The van der Waals surface area contributed by atoms with E-state index in [9.17, 15) is 9.90 Å². The summed E-state index contributed by atoms with van der Waals surface area (Å²) in [7, 11) is 0. The third-order valence-electron chi connectivity index (χ3n) is 3.69. The maximum Gasteiger partial charge on any atom is 0.244 e. The maximum atomic E-state index is 12.2. The van der Waals surface area contributed by atoms with Crippen LogP contribution in [0, 0.1) is 0 Å². The number of hydrogen-bond donors (Lipinski definition) is 2. The van der Waals surface area contributed by atoms with Crippen molar-refractivity contribution < 1.29 is 9.90 Å². The summed E-state index contributed by atoms with van der Waals surface area (Å²) in [5, 5.41) is 15.8. The van der Waals surface area contributed by atoms with Crippen LogP contribution in [0.1, 0.15) is 11.1 Å². The van der Waals surface area contributed by atoms with Crippen molar-refractivity contribution in [3.05, 3.63) is 74.7 Å². The average Bonchev–Trinajstić information content (AvgIpc) is 2.60. The van der Waals surface area contributed by atoms with E-state index in [0.717, 1.165) is 20.8 Å². The van der Waals surface area contributed by atoms with Crippen molar-refractivity contribution in [1.82, 2.24) is 5.43 Å². The highest BCUT2D eigenvalue weighted by Gasteiger charge is 2.07. The molecule has 0 heterocycles. The molecular weight excluding hydrogens is 448 g/mol. The van der Waals surface area contributed by atoms with Crippen LogP contribution < -0.4 is 5.43 Å². The molecule has 0 aliphatic heterocycles. The number of nitrogens with zero attached hydrogens (tertiary/aromatic N) is 1. The van der Waals surface area contributed by atoms with E-state index in [-0.39, 0.29) is 18.1 Å². The van der Waals surface area contributed by atoms with Crippen LogP contribution in [-0.4, -0.2) is 17.2 Å². The van der Waals surface area contributed by atoms with Crippen molar-refractivity contribution in [2.75, 3.05) is 0 Å². The molecule has 0 aromatic heterocycles. The Morgan fingerprint density at radius 2 is 1.84 bits per heavy atom. The van der Waals surface area contributed by atoms with Crippen LogP contribution in [0.25, 0.3) is 10.8 Å². The van der Waals surface area contributed by atoms with E-state index in [1.165, 1.54) is 6.21 Å². The second-order valence-electron chi connectivity index (χ2n) is 5.43. The molecule has 3 rings (SSSR count). The molecule has 6 heteroatoms. The fraction of sp³-hybridized carbons (Fsp3) is 0.0526. The molecule has 0 fully saturated rings. The molecule has 0 aliphatic rings. The quantitative estimate of drug-likeness (QED) is 0.434. The first-order valence-corrected chi connectivity index (χ1v) is 9.10. The van der Waals surface area contributed by atoms with Gasteiger partial charge >= 0.3 is 0 Å². The zero-order valence-electron chi connectivity index (χ0n) is 13.0. The monoisotopic (exact) mass is 460 g/mol. The molecular formula is C19H14Br2N2O2. The van der Waals surface area contributed by atoms with Gasteiger partial charge in [-0.3, -0.25) is 4.79 Å². The number of nitrogens with one attached hydrogen (secondary N) is 1. The summed E-state index contributed by atoms with van der Waals surface area (Å²) < 4.78 is 1.33. The average molecular weight is 462 g/mol. The molecule has 3 aromatic rings. The van der Waals surface area contributed by atoms with Gasteiger partial charge in [0.15, 0.2) is 0 Å². The number of phenolic OH excluding ortho intramolecular Hbond substituents is 1. The van der Waals surface area contributed by atoms with Crippen molar-refractivity contribution in [1.29, 1.82) is 0 Å². The fourth-order valence-electron chi connectivity index (χ4n) is 2.49. The molecule has 0 unspecified atom stereocenters. The van der Waals surface area contributed by atoms with Crippen molar-refractivity contribution in [3.8, 4) is 5.75 Å². The van der Waals surface area contributed by atoms with Gasteiger partial charge in [-0.15, -0.1) is 0 Å². The summed E-state index contributed by atoms with van der Waals surface area (Å²) in [5.41, 5.74) is 4.13. The van der Waals surface area contributed by atoms with E-state index in [4.69, 9.17) is 0 Å². The van der Waals surface area contributed by atoms with Gasteiger partial charge in [-0.05, 0) is 44.4 Å². The third kappa shape index (κ3) is 4.27. The SMILES string of the molecule is O=C(Cc1cccc2ccccc12)N/N=C\c1cc(O)c(Br)cc1Br. The van der Waals surface area contributed by atoms with Crippen LogP contribution in [0.2, 0.25) is 0 Å². The predicted octanol–water partition coefficient (Wildman–Crippen LogP) is 4.76. The summed E-state index contributed by atoms with van der Waals surface area (Å²) in [6.45, 7) is 0. The molecule has 4 nitrogen and oxygen atoms in total. The van der Waals surface area contributed by atoms with Crippen LogP contribution >= 0.6 is 31.9 Å².